The van der Waals surface area contributed by atoms with E-state index in [1.807, 2.05) is 6.92 Å². The van der Waals surface area contributed by atoms with Gasteiger partial charge in [0.05, 0.1) is 12.1 Å². The predicted molar refractivity (Wildman–Crippen MR) is 58.3 cm³/mol. The summed E-state index contributed by atoms with van der Waals surface area (Å²) < 4.78 is 0. The fraction of sp³-hybridized carbons (Fsp3) is 0.917. The Morgan fingerprint density at radius 2 is 1.93 bits per heavy atom. The lowest BCUT2D eigenvalue weighted by atomic mass is 9.92. The molecule has 2 rings (SSSR count). The molecule has 2 saturated carbocycles. The number of rotatable bonds is 3. The van der Waals surface area contributed by atoms with Crippen molar-refractivity contribution in [3.05, 3.63) is 0 Å². The Labute approximate surface area is 91.2 Å². The number of aliphatic hydroxyl groups is 1. The lowest BCUT2D eigenvalue weighted by molar-refractivity contribution is -0.127. The number of carbonyl (C=O) groups is 1. The third-order valence-corrected chi connectivity index (χ3v) is 3.80. The smallest absolute Gasteiger partial charge is 0.223 e. The van der Waals surface area contributed by atoms with Crippen LogP contribution in [-0.2, 0) is 4.79 Å². The maximum Gasteiger partial charge on any atom is 0.223 e. The van der Waals surface area contributed by atoms with Crippen LogP contribution in [0, 0.1) is 11.8 Å². The van der Waals surface area contributed by atoms with Crippen molar-refractivity contribution >= 4 is 5.91 Å². The molecule has 15 heavy (non-hydrogen) atoms. The Bertz CT molecular complexity index is 238. The fourth-order valence-corrected chi connectivity index (χ4v) is 2.40. The van der Waals surface area contributed by atoms with E-state index in [0.717, 1.165) is 25.7 Å². The quantitative estimate of drug-likeness (QED) is 0.742. The maximum atomic E-state index is 11.8. The normalized spacial score (nSPS) is 33.5. The van der Waals surface area contributed by atoms with Gasteiger partial charge in [0.2, 0.25) is 5.91 Å². The summed E-state index contributed by atoms with van der Waals surface area (Å²) >= 11 is 0. The highest BCUT2D eigenvalue weighted by Crippen LogP contribution is 2.36. The molecule has 0 saturated heterocycles. The molecule has 0 aromatic rings. The Morgan fingerprint density at radius 1 is 1.27 bits per heavy atom. The van der Waals surface area contributed by atoms with Crippen molar-refractivity contribution in [3.63, 3.8) is 0 Å². The van der Waals surface area contributed by atoms with Crippen LogP contribution in [0.15, 0.2) is 0 Å². The highest BCUT2D eigenvalue weighted by atomic mass is 16.3. The van der Waals surface area contributed by atoms with E-state index in [9.17, 15) is 9.90 Å². The Morgan fingerprint density at radius 3 is 2.53 bits per heavy atom. The van der Waals surface area contributed by atoms with Crippen LogP contribution in [0.3, 0.4) is 0 Å². The zero-order valence-corrected chi connectivity index (χ0v) is 9.41. The van der Waals surface area contributed by atoms with E-state index in [0.29, 0.717) is 5.92 Å². The third-order valence-electron chi connectivity index (χ3n) is 3.80. The molecule has 2 fully saturated rings. The highest BCUT2D eigenvalue weighted by Gasteiger charge is 2.34. The molecule has 3 heteroatoms. The lowest BCUT2D eigenvalue weighted by Gasteiger charge is -2.29. The van der Waals surface area contributed by atoms with Crippen molar-refractivity contribution < 1.29 is 9.90 Å². The molecule has 3 nitrogen and oxygen atoms in total. The van der Waals surface area contributed by atoms with Crippen molar-refractivity contribution in [1.29, 1.82) is 0 Å². The molecule has 0 bridgehead atoms. The molecule has 0 radical (unpaired) electrons. The van der Waals surface area contributed by atoms with Gasteiger partial charge < -0.3 is 10.4 Å². The molecule has 2 aliphatic rings. The van der Waals surface area contributed by atoms with Crippen molar-refractivity contribution in [2.75, 3.05) is 0 Å². The maximum absolute atomic E-state index is 11.8. The molecule has 2 N–H and O–H groups in total. The van der Waals surface area contributed by atoms with E-state index in [4.69, 9.17) is 0 Å². The van der Waals surface area contributed by atoms with Crippen LogP contribution in [0.5, 0.6) is 0 Å². The summed E-state index contributed by atoms with van der Waals surface area (Å²) in [5.74, 6) is 0.883. The van der Waals surface area contributed by atoms with Crippen LogP contribution in [0.25, 0.3) is 0 Å². The van der Waals surface area contributed by atoms with Gasteiger partial charge in [-0.2, -0.15) is 0 Å². The Hall–Kier alpha value is -0.570. The van der Waals surface area contributed by atoms with Crippen molar-refractivity contribution in [3.8, 4) is 0 Å². The minimum absolute atomic E-state index is 0.00690. The zero-order valence-electron chi connectivity index (χ0n) is 9.41. The van der Waals surface area contributed by atoms with Gasteiger partial charge in [-0.15, -0.1) is 0 Å². The minimum atomic E-state index is -0.325. The summed E-state index contributed by atoms with van der Waals surface area (Å²) in [6.07, 6.45) is 6.05. The Balaban J connectivity index is 1.81. The van der Waals surface area contributed by atoms with Crippen LogP contribution < -0.4 is 5.32 Å². The molecule has 0 aromatic carbocycles. The first-order valence-electron chi connectivity index (χ1n) is 6.17. The molecular weight excluding hydrogens is 190 g/mol. The average molecular weight is 211 g/mol. The number of nitrogens with one attached hydrogen (secondary N) is 1. The number of hydrogen-bond donors (Lipinski definition) is 2. The van der Waals surface area contributed by atoms with Gasteiger partial charge in [-0.3, -0.25) is 4.79 Å². The fourth-order valence-electron chi connectivity index (χ4n) is 2.40. The van der Waals surface area contributed by atoms with Gasteiger partial charge in [-0.1, -0.05) is 19.8 Å². The minimum Gasteiger partial charge on any atom is -0.391 e. The summed E-state index contributed by atoms with van der Waals surface area (Å²) in [7, 11) is 0. The second kappa shape index (κ2) is 4.52. The monoisotopic (exact) mass is 211 g/mol. The third kappa shape index (κ3) is 2.71. The van der Waals surface area contributed by atoms with Crippen LogP contribution in [0.1, 0.15) is 45.4 Å². The van der Waals surface area contributed by atoms with E-state index >= 15 is 0 Å². The summed E-state index contributed by atoms with van der Waals surface area (Å²) in [6, 6.07) is 0.00690. The van der Waals surface area contributed by atoms with Gasteiger partial charge in [0.1, 0.15) is 0 Å². The molecule has 1 amide bonds. The number of hydrogen-bond acceptors (Lipinski definition) is 2. The predicted octanol–water partition coefficient (Wildman–Crippen LogP) is 1.45. The van der Waals surface area contributed by atoms with E-state index in [1.165, 1.54) is 12.8 Å². The number of amides is 1. The van der Waals surface area contributed by atoms with Gasteiger partial charge in [-0.05, 0) is 31.6 Å². The lowest BCUT2D eigenvalue weighted by Crippen LogP contribution is -2.47. The van der Waals surface area contributed by atoms with Crippen LogP contribution in [0.4, 0.5) is 0 Å². The second-order valence-electron chi connectivity index (χ2n) is 5.09. The molecule has 2 aliphatic carbocycles. The average Bonchev–Trinajstić information content (AvgIpc) is 3.04. The van der Waals surface area contributed by atoms with E-state index in [1.54, 1.807) is 0 Å². The van der Waals surface area contributed by atoms with Gasteiger partial charge in [0.25, 0.3) is 0 Å². The molecular formula is C12H21NO2. The summed E-state index contributed by atoms with van der Waals surface area (Å²) in [6.45, 7) is 2.00. The van der Waals surface area contributed by atoms with E-state index in [-0.39, 0.29) is 24.0 Å². The highest BCUT2D eigenvalue weighted by molar-refractivity contribution is 5.79. The van der Waals surface area contributed by atoms with E-state index in [2.05, 4.69) is 5.32 Å². The van der Waals surface area contributed by atoms with Gasteiger partial charge in [-0.25, -0.2) is 0 Å². The van der Waals surface area contributed by atoms with Crippen LogP contribution >= 0.6 is 0 Å². The number of carbonyl (C=O) groups excluding carboxylic acids is 1. The second-order valence-corrected chi connectivity index (χ2v) is 5.09. The molecule has 3 unspecified atom stereocenters. The topological polar surface area (TPSA) is 49.3 Å². The van der Waals surface area contributed by atoms with Crippen LogP contribution in [0.2, 0.25) is 0 Å². The number of aliphatic hydroxyl groups excluding tert-OH is 1. The van der Waals surface area contributed by atoms with Gasteiger partial charge in [0, 0.05) is 5.92 Å². The molecule has 0 spiro atoms. The summed E-state index contributed by atoms with van der Waals surface area (Å²) in [5, 5.41) is 12.7. The first kappa shape index (κ1) is 10.9. The largest absolute Gasteiger partial charge is 0.391 e. The molecule has 3 atom stereocenters. The SMILES string of the molecule is CC(C(=O)NC1CCCCC1O)C1CC1. The first-order chi connectivity index (χ1) is 7.18. The molecule has 0 aliphatic heterocycles. The summed E-state index contributed by atoms with van der Waals surface area (Å²) in [4.78, 5) is 11.8. The van der Waals surface area contributed by atoms with Crippen molar-refractivity contribution in [1.82, 2.24) is 5.32 Å². The Kier molecular flexibility index (Phi) is 3.29. The van der Waals surface area contributed by atoms with Gasteiger partial charge in [0.15, 0.2) is 0 Å². The molecule has 86 valence electrons. The van der Waals surface area contributed by atoms with Crippen LogP contribution in [-0.4, -0.2) is 23.2 Å². The van der Waals surface area contributed by atoms with Crippen molar-refractivity contribution in [2.45, 2.75) is 57.6 Å². The zero-order chi connectivity index (χ0) is 10.8. The molecule has 0 aromatic heterocycles. The van der Waals surface area contributed by atoms with E-state index < -0.39 is 0 Å². The molecule has 0 heterocycles. The van der Waals surface area contributed by atoms with Gasteiger partial charge >= 0.3 is 0 Å². The standard InChI is InChI=1S/C12H21NO2/c1-8(9-6-7-9)12(15)13-10-4-2-3-5-11(10)14/h8-11,14H,2-7H2,1H3,(H,13,15). The van der Waals surface area contributed by atoms with Crippen molar-refractivity contribution in [2.24, 2.45) is 11.8 Å². The first-order valence-corrected chi connectivity index (χ1v) is 6.17. The summed E-state index contributed by atoms with van der Waals surface area (Å²) in [5.41, 5.74) is 0.